The number of aliphatic hydroxyl groups excluding tert-OH is 2. The van der Waals surface area contributed by atoms with Crippen molar-refractivity contribution >= 4 is 13.8 Å². The zero-order valence-electron chi connectivity index (χ0n) is 8.79. The number of carbonyl (C=O) groups is 1. The van der Waals surface area contributed by atoms with Gasteiger partial charge in [-0.3, -0.25) is 9.32 Å². The molecule has 1 aliphatic heterocycles. The quantitative estimate of drug-likeness (QED) is 0.341. The lowest BCUT2D eigenvalue weighted by Crippen LogP contribution is -2.37. The van der Waals surface area contributed by atoms with Gasteiger partial charge in [0.15, 0.2) is 12.4 Å². The Labute approximate surface area is 96.2 Å². The van der Waals surface area contributed by atoms with Crippen molar-refractivity contribution in [3.8, 4) is 0 Å². The van der Waals surface area contributed by atoms with Gasteiger partial charge in [0.05, 0.1) is 6.61 Å². The molecule has 1 aliphatic rings. The molecule has 1 heterocycles. The van der Waals surface area contributed by atoms with Crippen molar-refractivity contribution in [3.63, 3.8) is 0 Å². The summed E-state index contributed by atoms with van der Waals surface area (Å²) in [4.78, 5) is 27.5. The molecule has 0 spiro atoms. The molecule has 0 aromatic heterocycles. The summed E-state index contributed by atoms with van der Waals surface area (Å²) in [5.74, 6) is -0.728. The van der Waals surface area contributed by atoms with Gasteiger partial charge in [0.2, 0.25) is 0 Å². The monoisotopic (exact) mass is 272 g/mol. The number of hydrogen-bond donors (Lipinski definition) is 4. The van der Waals surface area contributed by atoms with E-state index < -0.39 is 45.0 Å². The fraction of sp³-hybridized carbons (Fsp3) is 0.857. The van der Waals surface area contributed by atoms with Crippen molar-refractivity contribution in [2.75, 3.05) is 6.61 Å². The maximum absolute atomic E-state index is 10.7. The molecule has 1 rings (SSSR count). The van der Waals surface area contributed by atoms with Crippen LogP contribution in [0, 0.1) is 0 Å². The summed E-state index contributed by atoms with van der Waals surface area (Å²) in [6.07, 6.45) is -5.50. The zero-order valence-corrected chi connectivity index (χ0v) is 9.69. The average molecular weight is 272 g/mol. The second-order valence-corrected chi connectivity index (χ2v) is 4.66. The molecule has 9 nitrogen and oxygen atoms in total. The lowest BCUT2D eigenvalue weighted by Gasteiger charge is -2.17. The molecule has 100 valence electrons. The minimum atomic E-state index is -4.69. The van der Waals surface area contributed by atoms with Gasteiger partial charge in [-0.25, -0.2) is 4.57 Å². The molecule has 0 radical (unpaired) electrons. The van der Waals surface area contributed by atoms with Crippen molar-refractivity contribution in [1.82, 2.24) is 0 Å². The molecular weight excluding hydrogens is 259 g/mol. The first-order valence-corrected chi connectivity index (χ1v) is 6.12. The first-order chi connectivity index (χ1) is 7.70. The number of ether oxygens (including phenoxy) is 2. The van der Waals surface area contributed by atoms with E-state index in [0.717, 1.165) is 6.92 Å². The predicted octanol–water partition coefficient (Wildman–Crippen LogP) is -1.89. The zero-order chi connectivity index (χ0) is 13.2. The van der Waals surface area contributed by atoms with Crippen LogP contribution >= 0.6 is 7.82 Å². The predicted molar refractivity (Wildman–Crippen MR) is 50.4 cm³/mol. The Bertz CT molecular complexity index is 325. The maximum atomic E-state index is 10.7. The van der Waals surface area contributed by atoms with Crippen molar-refractivity contribution in [1.29, 1.82) is 0 Å². The van der Waals surface area contributed by atoms with Crippen LogP contribution in [0.2, 0.25) is 0 Å². The lowest BCUT2D eigenvalue weighted by atomic mass is 10.1. The van der Waals surface area contributed by atoms with Crippen LogP contribution in [0.1, 0.15) is 6.92 Å². The van der Waals surface area contributed by atoms with Gasteiger partial charge in [0.25, 0.3) is 0 Å². The van der Waals surface area contributed by atoms with Gasteiger partial charge in [-0.15, -0.1) is 0 Å². The Morgan fingerprint density at radius 2 is 2.00 bits per heavy atom. The maximum Gasteiger partial charge on any atom is 0.469 e. The highest BCUT2D eigenvalue weighted by Crippen LogP contribution is 2.37. The van der Waals surface area contributed by atoms with Crippen LogP contribution in [-0.4, -0.2) is 57.2 Å². The van der Waals surface area contributed by atoms with Crippen LogP contribution < -0.4 is 0 Å². The summed E-state index contributed by atoms with van der Waals surface area (Å²) in [5.41, 5.74) is 0. The van der Waals surface area contributed by atoms with Crippen LogP contribution in [0.4, 0.5) is 0 Å². The smallest absolute Gasteiger partial charge is 0.454 e. The topological polar surface area (TPSA) is 143 Å². The van der Waals surface area contributed by atoms with E-state index >= 15 is 0 Å². The molecule has 1 fully saturated rings. The largest absolute Gasteiger partial charge is 0.469 e. The number of carbonyl (C=O) groups excluding carboxylic acids is 1. The van der Waals surface area contributed by atoms with Crippen LogP contribution in [0.5, 0.6) is 0 Å². The molecule has 0 amide bonds. The molecule has 4 N–H and O–H groups in total. The van der Waals surface area contributed by atoms with Gasteiger partial charge >= 0.3 is 13.8 Å². The molecule has 1 unspecified atom stereocenters. The third-order valence-electron chi connectivity index (χ3n) is 2.02. The van der Waals surface area contributed by atoms with Crippen molar-refractivity contribution < 1.29 is 43.4 Å². The van der Waals surface area contributed by atoms with Gasteiger partial charge in [0.1, 0.15) is 12.2 Å². The number of rotatable bonds is 4. The van der Waals surface area contributed by atoms with Gasteiger partial charge in [-0.1, -0.05) is 0 Å². The SMILES string of the molecule is CC(=O)O[C@H]1C(O)O[C@H](COP(=O)(O)O)[C@H]1O. The van der Waals surface area contributed by atoms with E-state index in [0.29, 0.717) is 0 Å². The first kappa shape index (κ1) is 14.5. The summed E-state index contributed by atoms with van der Waals surface area (Å²) < 4.78 is 23.9. The number of esters is 1. The standard InChI is InChI=1S/C7H13O9P/c1-3(8)15-6-5(9)4(16-7(6)10)2-14-17(11,12)13/h4-7,9-10H,2H2,1H3,(H2,11,12,13)/t4-,5-,6-,7?/m1/s1. The molecule has 0 bridgehead atoms. The van der Waals surface area contributed by atoms with Gasteiger partial charge in [-0.2, -0.15) is 0 Å². The summed E-state index contributed by atoms with van der Waals surface area (Å²) in [6, 6.07) is 0. The Balaban J connectivity index is 2.55. The third kappa shape index (κ3) is 4.32. The highest BCUT2D eigenvalue weighted by atomic mass is 31.2. The Morgan fingerprint density at radius 1 is 1.41 bits per heavy atom. The molecular formula is C7H13O9P. The number of phosphoric acid groups is 1. The van der Waals surface area contributed by atoms with E-state index in [2.05, 4.69) is 9.26 Å². The molecule has 10 heteroatoms. The van der Waals surface area contributed by atoms with Crippen molar-refractivity contribution in [2.24, 2.45) is 0 Å². The van der Waals surface area contributed by atoms with Crippen LogP contribution in [0.25, 0.3) is 0 Å². The average Bonchev–Trinajstić information content (AvgIpc) is 2.41. The van der Waals surface area contributed by atoms with E-state index in [-0.39, 0.29) is 0 Å². The molecule has 1 saturated heterocycles. The highest BCUT2D eigenvalue weighted by molar-refractivity contribution is 7.46. The Morgan fingerprint density at radius 3 is 2.47 bits per heavy atom. The van der Waals surface area contributed by atoms with E-state index in [4.69, 9.17) is 14.5 Å². The third-order valence-corrected chi connectivity index (χ3v) is 2.51. The van der Waals surface area contributed by atoms with Crippen LogP contribution in [0.3, 0.4) is 0 Å². The second-order valence-electron chi connectivity index (χ2n) is 3.42. The summed E-state index contributed by atoms with van der Waals surface area (Å²) in [5, 5.41) is 18.9. The second kappa shape index (κ2) is 5.40. The van der Waals surface area contributed by atoms with E-state index in [1.54, 1.807) is 0 Å². The number of phosphoric ester groups is 1. The van der Waals surface area contributed by atoms with Crippen molar-refractivity contribution in [2.45, 2.75) is 31.5 Å². The van der Waals surface area contributed by atoms with Gasteiger partial charge < -0.3 is 29.5 Å². The van der Waals surface area contributed by atoms with Crippen LogP contribution in [-0.2, 0) is 23.4 Å². The lowest BCUT2D eigenvalue weighted by molar-refractivity contribution is -0.170. The van der Waals surface area contributed by atoms with E-state index in [9.17, 15) is 19.6 Å². The fourth-order valence-electron chi connectivity index (χ4n) is 1.35. The van der Waals surface area contributed by atoms with Crippen molar-refractivity contribution in [3.05, 3.63) is 0 Å². The molecule has 17 heavy (non-hydrogen) atoms. The number of hydrogen-bond acceptors (Lipinski definition) is 7. The number of aliphatic hydroxyl groups is 2. The van der Waals surface area contributed by atoms with Gasteiger partial charge in [-0.05, 0) is 0 Å². The fourth-order valence-corrected chi connectivity index (χ4v) is 1.69. The molecule has 0 aromatic carbocycles. The Hall–Kier alpha value is -0.540. The van der Waals surface area contributed by atoms with Crippen LogP contribution in [0.15, 0.2) is 0 Å². The molecule has 4 atom stereocenters. The Kier molecular flexibility index (Phi) is 4.62. The summed E-state index contributed by atoms with van der Waals surface area (Å²) in [7, 11) is -4.69. The molecule has 0 saturated carbocycles. The summed E-state index contributed by atoms with van der Waals surface area (Å²) in [6.45, 7) is 0.444. The minimum Gasteiger partial charge on any atom is -0.454 e. The summed E-state index contributed by atoms with van der Waals surface area (Å²) >= 11 is 0. The highest BCUT2D eigenvalue weighted by Gasteiger charge is 2.45. The van der Waals surface area contributed by atoms with Gasteiger partial charge in [0, 0.05) is 6.92 Å². The molecule has 0 aromatic rings. The normalized spacial score (nSPS) is 33.7. The van der Waals surface area contributed by atoms with E-state index in [1.165, 1.54) is 0 Å². The molecule has 0 aliphatic carbocycles. The van der Waals surface area contributed by atoms with E-state index in [1.807, 2.05) is 0 Å². The first-order valence-electron chi connectivity index (χ1n) is 4.59. The minimum absolute atomic E-state index is 0.639.